The maximum absolute atomic E-state index is 5.83. The highest BCUT2D eigenvalue weighted by molar-refractivity contribution is 5.59. The smallest absolute Gasteiger partial charge is 0.119 e. The summed E-state index contributed by atoms with van der Waals surface area (Å²) in [7, 11) is 0. The van der Waals surface area contributed by atoms with E-state index in [1.807, 2.05) is 12.1 Å². The molecular weight excluding hydrogens is 356 g/mol. The molecule has 3 nitrogen and oxygen atoms in total. The fourth-order valence-electron chi connectivity index (χ4n) is 4.37. The third kappa shape index (κ3) is 7.13. The zero-order chi connectivity index (χ0) is 20.3. The maximum Gasteiger partial charge on any atom is 0.119 e. The summed E-state index contributed by atoms with van der Waals surface area (Å²) in [6.45, 7) is 5.36. The van der Waals surface area contributed by atoms with Gasteiger partial charge in [-0.15, -0.1) is 0 Å². The van der Waals surface area contributed by atoms with Crippen molar-refractivity contribution in [3.8, 4) is 17.0 Å². The van der Waals surface area contributed by atoms with Crippen molar-refractivity contribution in [2.24, 2.45) is 11.8 Å². The van der Waals surface area contributed by atoms with Crippen LogP contribution in [0, 0.1) is 11.8 Å². The lowest BCUT2D eigenvalue weighted by molar-refractivity contribution is 0.258. The fourth-order valence-corrected chi connectivity index (χ4v) is 4.37. The van der Waals surface area contributed by atoms with Crippen molar-refractivity contribution in [2.75, 3.05) is 6.61 Å². The van der Waals surface area contributed by atoms with Gasteiger partial charge in [0.15, 0.2) is 0 Å². The molecular formula is C26H38N2O. The van der Waals surface area contributed by atoms with Crippen LogP contribution in [0.2, 0.25) is 0 Å². The van der Waals surface area contributed by atoms with E-state index in [0.29, 0.717) is 0 Å². The van der Waals surface area contributed by atoms with E-state index in [2.05, 4.69) is 48.3 Å². The molecule has 0 spiro atoms. The van der Waals surface area contributed by atoms with Crippen molar-refractivity contribution < 1.29 is 4.74 Å². The first-order chi connectivity index (χ1) is 14.3. The molecule has 1 saturated carbocycles. The summed E-state index contributed by atoms with van der Waals surface area (Å²) in [5, 5.41) is 8.96. The van der Waals surface area contributed by atoms with Crippen LogP contribution < -0.4 is 4.74 Å². The summed E-state index contributed by atoms with van der Waals surface area (Å²) in [5.74, 6) is 2.80. The van der Waals surface area contributed by atoms with Crippen LogP contribution in [-0.2, 0) is 6.42 Å². The minimum absolute atomic E-state index is 0.800. The zero-order valence-electron chi connectivity index (χ0n) is 18.4. The fraction of sp³-hybridized carbons (Fsp3) is 0.615. The Morgan fingerprint density at radius 1 is 0.828 bits per heavy atom. The van der Waals surface area contributed by atoms with Gasteiger partial charge in [0.2, 0.25) is 0 Å². The largest absolute Gasteiger partial charge is 0.494 e. The number of ether oxygens (including phenoxy) is 1. The molecule has 1 aliphatic carbocycles. The Labute approximate surface area is 177 Å². The van der Waals surface area contributed by atoms with Gasteiger partial charge in [-0.05, 0) is 67.5 Å². The number of unbranched alkanes of at least 4 members (excludes halogenated alkanes) is 3. The predicted octanol–water partition coefficient (Wildman–Crippen LogP) is 7.25. The van der Waals surface area contributed by atoms with Crippen molar-refractivity contribution in [2.45, 2.75) is 84.5 Å². The van der Waals surface area contributed by atoms with Crippen molar-refractivity contribution in [1.82, 2.24) is 10.2 Å². The second kappa shape index (κ2) is 11.9. The molecule has 158 valence electrons. The molecule has 1 heterocycles. The summed E-state index contributed by atoms with van der Waals surface area (Å²) in [6, 6.07) is 12.5. The van der Waals surface area contributed by atoms with Gasteiger partial charge in [0.1, 0.15) is 5.75 Å². The van der Waals surface area contributed by atoms with Gasteiger partial charge in [-0.2, -0.15) is 10.2 Å². The number of aromatic nitrogens is 2. The molecule has 0 bridgehead atoms. The molecule has 1 aromatic carbocycles. The lowest BCUT2D eigenvalue weighted by atomic mass is 9.79. The van der Waals surface area contributed by atoms with Gasteiger partial charge in [-0.1, -0.05) is 65.2 Å². The normalized spacial score (nSPS) is 19.2. The minimum atomic E-state index is 0.800. The number of hydrogen-bond donors (Lipinski definition) is 0. The average Bonchev–Trinajstić information content (AvgIpc) is 2.79. The Morgan fingerprint density at radius 3 is 2.24 bits per heavy atom. The molecule has 1 aromatic heterocycles. The van der Waals surface area contributed by atoms with Crippen LogP contribution in [0.1, 0.15) is 83.7 Å². The molecule has 3 rings (SSSR count). The molecule has 1 fully saturated rings. The molecule has 0 radical (unpaired) electrons. The zero-order valence-corrected chi connectivity index (χ0v) is 18.4. The Balaban J connectivity index is 1.43. The quantitative estimate of drug-likeness (QED) is 0.376. The molecule has 1 aliphatic rings. The van der Waals surface area contributed by atoms with Crippen molar-refractivity contribution >= 4 is 0 Å². The Kier molecular flexibility index (Phi) is 8.98. The Morgan fingerprint density at radius 2 is 1.59 bits per heavy atom. The third-order valence-corrected chi connectivity index (χ3v) is 6.49. The Bertz CT molecular complexity index is 688. The van der Waals surface area contributed by atoms with E-state index in [1.54, 1.807) is 0 Å². The minimum Gasteiger partial charge on any atom is -0.494 e. The van der Waals surface area contributed by atoms with Gasteiger partial charge in [-0.3, -0.25) is 0 Å². The molecule has 3 heteroatoms. The van der Waals surface area contributed by atoms with Crippen molar-refractivity contribution in [3.05, 3.63) is 42.1 Å². The highest BCUT2D eigenvalue weighted by Gasteiger charge is 2.19. The highest BCUT2D eigenvalue weighted by Crippen LogP contribution is 2.33. The van der Waals surface area contributed by atoms with Crippen LogP contribution in [0.4, 0.5) is 0 Å². The third-order valence-electron chi connectivity index (χ3n) is 6.49. The lowest BCUT2D eigenvalue weighted by Gasteiger charge is -2.27. The summed E-state index contributed by atoms with van der Waals surface area (Å²) < 4.78 is 5.83. The van der Waals surface area contributed by atoms with Gasteiger partial charge < -0.3 is 4.74 Å². The molecule has 0 saturated heterocycles. The van der Waals surface area contributed by atoms with Crippen LogP contribution in [0.3, 0.4) is 0 Å². The van der Waals surface area contributed by atoms with Crippen molar-refractivity contribution in [3.63, 3.8) is 0 Å². The average molecular weight is 395 g/mol. The van der Waals surface area contributed by atoms with Crippen LogP contribution in [-0.4, -0.2) is 16.8 Å². The standard InChI is InChI=1S/C26H38N2O/c1-3-5-6-7-20-29-25-17-13-23(14-18-25)26-19-16-24(27-28-26)15-12-22-10-8-21(4-2)9-11-22/h13-14,16-19,21-22H,3-12,15,20H2,1-2H3. The van der Waals surface area contributed by atoms with Crippen LogP contribution >= 0.6 is 0 Å². The van der Waals surface area contributed by atoms with Crippen molar-refractivity contribution in [1.29, 1.82) is 0 Å². The SMILES string of the molecule is CCCCCCOc1ccc(-c2ccc(CCC3CCC(CC)CC3)nn2)cc1. The van der Waals surface area contributed by atoms with E-state index < -0.39 is 0 Å². The predicted molar refractivity (Wildman–Crippen MR) is 121 cm³/mol. The monoisotopic (exact) mass is 394 g/mol. The van der Waals surface area contributed by atoms with Gasteiger partial charge in [0.25, 0.3) is 0 Å². The number of hydrogen-bond acceptors (Lipinski definition) is 3. The van der Waals surface area contributed by atoms with Gasteiger partial charge in [-0.25, -0.2) is 0 Å². The number of benzene rings is 1. The second-order valence-corrected chi connectivity index (χ2v) is 8.68. The van der Waals surface area contributed by atoms with Crippen LogP contribution in [0.15, 0.2) is 36.4 Å². The summed E-state index contributed by atoms with van der Waals surface area (Å²) in [6.07, 6.45) is 14.2. The summed E-state index contributed by atoms with van der Waals surface area (Å²) in [5.41, 5.74) is 3.16. The van der Waals surface area contributed by atoms with Crippen LogP contribution in [0.5, 0.6) is 5.75 Å². The molecule has 0 atom stereocenters. The lowest BCUT2D eigenvalue weighted by Crippen LogP contribution is -2.14. The van der Waals surface area contributed by atoms with E-state index in [1.165, 1.54) is 57.8 Å². The van der Waals surface area contributed by atoms with Crippen LogP contribution in [0.25, 0.3) is 11.3 Å². The number of nitrogens with zero attached hydrogens (tertiary/aromatic N) is 2. The van der Waals surface area contributed by atoms with E-state index in [0.717, 1.165) is 54.0 Å². The highest BCUT2D eigenvalue weighted by atomic mass is 16.5. The van der Waals surface area contributed by atoms with E-state index >= 15 is 0 Å². The molecule has 0 unspecified atom stereocenters. The van der Waals surface area contributed by atoms with Gasteiger partial charge >= 0.3 is 0 Å². The first kappa shape index (κ1) is 21.8. The second-order valence-electron chi connectivity index (χ2n) is 8.68. The first-order valence-electron chi connectivity index (χ1n) is 11.8. The van der Waals surface area contributed by atoms with E-state index in [9.17, 15) is 0 Å². The molecule has 2 aromatic rings. The molecule has 0 amide bonds. The molecule has 0 aliphatic heterocycles. The summed E-state index contributed by atoms with van der Waals surface area (Å²) >= 11 is 0. The topological polar surface area (TPSA) is 35.0 Å². The summed E-state index contributed by atoms with van der Waals surface area (Å²) in [4.78, 5) is 0. The molecule has 29 heavy (non-hydrogen) atoms. The maximum atomic E-state index is 5.83. The van der Waals surface area contributed by atoms with E-state index in [-0.39, 0.29) is 0 Å². The van der Waals surface area contributed by atoms with Gasteiger partial charge in [0, 0.05) is 5.56 Å². The number of aryl methyl sites for hydroxylation is 1. The molecule has 0 N–H and O–H groups in total. The number of rotatable bonds is 11. The Hall–Kier alpha value is -1.90. The first-order valence-corrected chi connectivity index (χ1v) is 11.8. The van der Waals surface area contributed by atoms with E-state index in [4.69, 9.17) is 4.74 Å². The van der Waals surface area contributed by atoms with Gasteiger partial charge in [0.05, 0.1) is 18.0 Å².